The number of aliphatic carboxylic acids is 1. The molecule has 2 heterocycles. The molecule has 9 heteroatoms. The summed E-state index contributed by atoms with van der Waals surface area (Å²) in [5.74, 6) is -2.02. The number of amides is 3. The summed E-state index contributed by atoms with van der Waals surface area (Å²) >= 11 is 0. The summed E-state index contributed by atoms with van der Waals surface area (Å²) in [7, 11) is 0. The fourth-order valence-corrected chi connectivity index (χ4v) is 2.44. The highest BCUT2D eigenvalue weighted by Gasteiger charge is 2.46. The number of hydrogen-bond acceptors (Lipinski definition) is 4. The van der Waals surface area contributed by atoms with Crippen LogP contribution < -0.4 is 5.32 Å². The molecule has 1 saturated heterocycles. The van der Waals surface area contributed by atoms with Crippen LogP contribution in [0.25, 0.3) is 0 Å². The third-order valence-electron chi connectivity index (χ3n) is 3.42. The summed E-state index contributed by atoms with van der Waals surface area (Å²) in [6.07, 6.45) is -0.889. The summed E-state index contributed by atoms with van der Waals surface area (Å²) in [6, 6.07) is -1.51. The molecule has 0 aromatic carbocycles. The van der Waals surface area contributed by atoms with E-state index in [0.717, 1.165) is 10.6 Å². The number of halogens is 1. The van der Waals surface area contributed by atoms with E-state index in [0.29, 0.717) is 0 Å². The van der Waals surface area contributed by atoms with Gasteiger partial charge in [0.1, 0.15) is 0 Å². The standard InChI is InChI=1S/C12H16FN3O5/c1-6-3-8-5-15(9(6)4-14-7(2)17)12(20)16(8)21-10(13)11(18)19/h3,8-10H,4-5H2,1-2H3,(H,14,17)(H,18,19)/t8-,9-,10-/m1/s1. The first-order valence-corrected chi connectivity index (χ1v) is 6.37. The number of rotatable bonds is 5. The van der Waals surface area contributed by atoms with Crippen LogP contribution in [-0.4, -0.2) is 64.5 Å². The van der Waals surface area contributed by atoms with Gasteiger partial charge in [-0.25, -0.2) is 18.8 Å². The topological polar surface area (TPSA) is 99.2 Å². The van der Waals surface area contributed by atoms with Crippen LogP contribution in [0.3, 0.4) is 0 Å². The Bertz CT molecular complexity index is 509. The van der Waals surface area contributed by atoms with Crippen molar-refractivity contribution in [3.8, 4) is 0 Å². The Morgan fingerprint density at radius 1 is 1.62 bits per heavy atom. The third kappa shape index (κ3) is 2.97. The van der Waals surface area contributed by atoms with Gasteiger partial charge < -0.3 is 15.3 Å². The minimum absolute atomic E-state index is 0.223. The van der Waals surface area contributed by atoms with Crippen molar-refractivity contribution in [2.75, 3.05) is 13.1 Å². The molecule has 2 rings (SSSR count). The number of alkyl halides is 1. The van der Waals surface area contributed by atoms with Gasteiger partial charge in [0.2, 0.25) is 5.91 Å². The van der Waals surface area contributed by atoms with Crippen molar-refractivity contribution < 1.29 is 28.7 Å². The zero-order valence-corrected chi connectivity index (χ0v) is 11.6. The molecular formula is C12H16FN3O5. The summed E-state index contributed by atoms with van der Waals surface area (Å²) in [5.41, 5.74) is 0.824. The highest BCUT2D eigenvalue weighted by molar-refractivity contribution is 5.79. The highest BCUT2D eigenvalue weighted by Crippen LogP contribution is 2.29. The van der Waals surface area contributed by atoms with Gasteiger partial charge in [-0.3, -0.25) is 4.79 Å². The Morgan fingerprint density at radius 2 is 2.29 bits per heavy atom. The molecular weight excluding hydrogens is 285 g/mol. The maximum Gasteiger partial charge on any atom is 0.368 e. The summed E-state index contributed by atoms with van der Waals surface area (Å²) < 4.78 is 13.1. The minimum Gasteiger partial charge on any atom is -0.477 e. The summed E-state index contributed by atoms with van der Waals surface area (Å²) in [6.45, 7) is 3.65. The second-order valence-corrected chi connectivity index (χ2v) is 4.95. The lowest BCUT2D eigenvalue weighted by atomic mass is 10.0. The largest absolute Gasteiger partial charge is 0.477 e. The van der Waals surface area contributed by atoms with Crippen LogP contribution in [0.1, 0.15) is 13.8 Å². The number of carbonyl (C=O) groups excluding carboxylic acids is 2. The van der Waals surface area contributed by atoms with E-state index in [1.165, 1.54) is 11.8 Å². The molecule has 2 aliphatic rings. The van der Waals surface area contributed by atoms with Crippen molar-refractivity contribution in [1.29, 1.82) is 0 Å². The van der Waals surface area contributed by atoms with Crippen molar-refractivity contribution >= 4 is 17.9 Å². The van der Waals surface area contributed by atoms with Gasteiger partial charge in [0.15, 0.2) is 0 Å². The third-order valence-corrected chi connectivity index (χ3v) is 3.42. The van der Waals surface area contributed by atoms with Crippen LogP contribution in [0.15, 0.2) is 11.6 Å². The maximum absolute atomic E-state index is 13.1. The number of carboxylic acids is 1. The number of hydrogen-bond donors (Lipinski definition) is 2. The van der Waals surface area contributed by atoms with E-state index in [-0.39, 0.29) is 25.0 Å². The van der Waals surface area contributed by atoms with Crippen molar-refractivity contribution in [3.63, 3.8) is 0 Å². The Kier molecular flexibility index (Phi) is 4.12. The van der Waals surface area contributed by atoms with Crippen LogP contribution in [0, 0.1) is 0 Å². The quantitative estimate of drug-likeness (QED) is 0.689. The lowest BCUT2D eigenvalue weighted by molar-refractivity contribution is -0.219. The molecule has 21 heavy (non-hydrogen) atoms. The smallest absolute Gasteiger partial charge is 0.368 e. The first-order valence-electron chi connectivity index (χ1n) is 6.37. The molecule has 0 aromatic rings. The van der Waals surface area contributed by atoms with Crippen molar-refractivity contribution in [1.82, 2.24) is 15.3 Å². The van der Waals surface area contributed by atoms with Gasteiger partial charge in [0.05, 0.1) is 12.1 Å². The molecule has 0 spiro atoms. The van der Waals surface area contributed by atoms with Gasteiger partial charge in [-0.2, -0.15) is 5.06 Å². The molecule has 1 fully saturated rings. The van der Waals surface area contributed by atoms with Crippen molar-refractivity contribution in [2.24, 2.45) is 0 Å². The normalized spacial score (nSPS) is 25.7. The monoisotopic (exact) mass is 301 g/mol. The van der Waals surface area contributed by atoms with Gasteiger partial charge in [-0.05, 0) is 6.92 Å². The summed E-state index contributed by atoms with van der Waals surface area (Å²) in [4.78, 5) is 39.6. The Hall–Kier alpha value is -2.16. The van der Waals surface area contributed by atoms with Crippen LogP contribution >= 0.6 is 0 Å². The number of urea groups is 1. The molecule has 0 aromatic heterocycles. The maximum atomic E-state index is 13.1. The number of carbonyl (C=O) groups is 3. The lowest BCUT2D eigenvalue weighted by Crippen LogP contribution is -2.47. The molecule has 0 radical (unpaired) electrons. The molecule has 116 valence electrons. The molecule has 3 amide bonds. The number of nitrogens with zero attached hydrogens (tertiary/aromatic N) is 2. The van der Waals surface area contributed by atoms with Gasteiger partial charge in [-0.1, -0.05) is 11.6 Å². The average Bonchev–Trinajstić information content (AvgIpc) is 2.63. The van der Waals surface area contributed by atoms with Gasteiger partial charge in [0, 0.05) is 20.0 Å². The number of nitrogens with one attached hydrogen (secondary N) is 1. The van der Waals surface area contributed by atoms with Crippen molar-refractivity contribution in [2.45, 2.75) is 32.3 Å². The average molecular weight is 301 g/mol. The van der Waals surface area contributed by atoms with E-state index in [2.05, 4.69) is 10.2 Å². The molecule has 2 aliphatic heterocycles. The second kappa shape index (κ2) is 5.68. The Labute approximate surface area is 120 Å². The first-order chi connectivity index (χ1) is 9.81. The zero-order valence-electron chi connectivity index (χ0n) is 11.6. The SMILES string of the molecule is CC(=O)NC[C@@H]1C(C)=C[C@@H]2CN1C(=O)N2O[C@@H](F)C(=O)O. The lowest BCUT2D eigenvalue weighted by Gasteiger charge is -2.30. The minimum atomic E-state index is -2.60. The van der Waals surface area contributed by atoms with E-state index in [1.807, 2.05) is 0 Å². The molecule has 0 saturated carbocycles. The van der Waals surface area contributed by atoms with E-state index < -0.39 is 24.4 Å². The van der Waals surface area contributed by atoms with E-state index in [9.17, 15) is 18.8 Å². The van der Waals surface area contributed by atoms with E-state index in [4.69, 9.17) is 5.11 Å². The molecule has 2 bridgehead atoms. The van der Waals surface area contributed by atoms with Crippen molar-refractivity contribution in [3.05, 3.63) is 11.6 Å². The van der Waals surface area contributed by atoms with Crippen LogP contribution in [0.4, 0.5) is 9.18 Å². The molecule has 8 nitrogen and oxygen atoms in total. The number of carboxylic acid groups (broad SMARTS) is 1. The van der Waals surface area contributed by atoms with Gasteiger partial charge >= 0.3 is 18.4 Å². The first kappa shape index (κ1) is 15.2. The van der Waals surface area contributed by atoms with Crippen LogP contribution in [0.2, 0.25) is 0 Å². The zero-order chi connectivity index (χ0) is 15.7. The second-order valence-electron chi connectivity index (χ2n) is 4.95. The van der Waals surface area contributed by atoms with E-state index >= 15 is 0 Å². The number of fused-ring (bicyclic) bond motifs is 2. The summed E-state index contributed by atoms with van der Waals surface area (Å²) in [5, 5.41) is 11.9. The Balaban J connectivity index is 2.11. The molecule has 3 atom stereocenters. The highest BCUT2D eigenvalue weighted by atomic mass is 19.1. The molecule has 0 aliphatic carbocycles. The number of hydroxylamine groups is 2. The van der Waals surface area contributed by atoms with Gasteiger partial charge in [-0.15, -0.1) is 0 Å². The van der Waals surface area contributed by atoms with Crippen LogP contribution in [0.5, 0.6) is 0 Å². The fraction of sp³-hybridized carbons (Fsp3) is 0.583. The predicted octanol–water partition coefficient (Wildman–Crippen LogP) is -0.131. The predicted molar refractivity (Wildman–Crippen MR) is 67.6 cm³/mol. The van der Waals surface area contributed by atoms with E-state index in [1.54, 1.807) is 13.0 Å². The molecule has 0 unspecified atom stereocenters. The van der Waals surface area contributed by atoms with Gasteiger partial charge in [0.25, 0.3) is 0 Å². The fourth-order valence-electron chi connectivity index (χ4n) is 2.44. The molecule has 2 N–H and O–H groups in total. The Morgan fingerprint density at radius 3 is 2.86 bits per heavy atom. The van der Waals surface area contributed by atoms with Crippen LogP contribution in [-0.2, 0) is 14.4 Å².